The Kier molecular flexibility index (Phi) is 5.51. The zero-order valence-electron chi connectivity index (χ0n) is 11.6. The van der Waals surface area contributed by atoms with E-state index in [-0.39, 0.29) is 12.5 Å². The topological polar surface area (TPSA) is 53.5 Å². The SMILES string of the molecule is Cc1ccc(NCC(=O)N/N=C/c2ccccc2Br)cc1. The third-order valence-corrected chi connectivity index (χ3v) is 3.52. The zero-order valence-corrected chi connectivity index (χ0v) is 13.2. The molecular formula is C16H16BrN3O. The van der Waals surface area contributed by atoms with Crippen molar-refractivity contribution in [1.82, 2.24) is 5.43 Å². The number of halogens is 1. The van der Waals surface area contributed by atoms with Gasteiger partial charge in [0, 0.05) is 15.7 Å². The summed E-state index contributed by atoms with van der Waals surface area (Å²) >= 11 is 3.41. The first-order valence-electron chi connectivity index (χ1n) is 6.52. The van der Waals surface area contributed by atoms with Gasteiger partial charge in [-0.05, 0) is 25.1 Å². The lowest BCUT2D eigenvalue weighted by Gasteiger charge is -2.05. The summed E-state index contributed by atoms with van der Waals surface area (Å²) in [4.78, 5) is 11.7. The largest absolute Gasteiger partial charge is 0.376 e. The summed E-state index contributed by atoms with van der Waals surface area (Å²) < 4.78 is 0.931. The van der Waals surface area contributed by atoms with Crippen LogP contribution in [0.15, 0.2) is 58.1 Å². The maximum absolute atomic E-state index is 11.7. The molecule has 0 aromatic heterocycles. The Morgan fingerprint density at radius 1 is 1.19 bits per heavy atom. The van der Waals surface area contributed by atoms with Crippen molar-refractivity contribution < 1.29 is 4.79 Å². The molecule has 21 heavy (non-hydrogen) atoms. The number of hydrogen-bond acceptors (Lipinski definition) is 3. The molecule has 0 atom stereocenters. The number of rotatable bonds is 5. The molecule has 2 rings (SSSR count). The van der Waals surface area contributed by atoms with E-state index in [9.17, 15) is 4.79 Å². The first-order valence-corrected chi connectivity index (χ1v) is 7.31. The maximum Gasteiger partial charge on any atom is 0.259 e. The summed E-state index contributed by atoms with van der Waals surface area (Å²) in [6, 6.07) is 15.5. The van der Waals surface area contributed by atoms with E-state index in [2.05, 4.69) is 31.8 Å². The van der Waals surface area contributed by atoms with E-state index in [0.29, 0.717) is 0 Å². The van der Waals surface area contributed by atoms with Gasteiger partial charge in [0.05, 0.1) is 12.8 Å². The molecule has 108 valence electrons. The minimum atomic E-state index is -0.195. The van der Waals surface area contributed by atoms with E-state index in [4.69, 9.17) is 0 Å². The van der Waals surface area contributed by atoms with Crippen molar-refractivity contribution >= 4 is 33.7 Å². The average molecular weight is 346 g/mol. The number of hydrogen-bond donors (Lipinski definition) is 2. The van der Waals surface area contributed by atoms with E-state index in [1.165, 1.54) is 5.56 Å². The smallest absolute Gasteiger partial charge is 0.259 e. The number of anilines is 1. The van der Waals surface area contributed by atoms with Gasteiger partial charge >= 0.3 is 0 Å². The summed E-state index contributed by atoms with van der Waals surface area (Å²) in [6.07, 6.45) is 1.61. The highest BCUT2D eigenvalue weighted by atomic mass is 79.9. The molecule has 2 aromatic rings. The van der Waals surface area contributed by atoms with Gasteiger partial charge < -0.3 is 5.32 Å². The maximum atomic E-state index is 11.7. The minimum Gasteiger partial charge on any atom is -0.376 e. The van der Waals surface area contributed by atoms with Crippen molar-refractivity contribution in [2.45, 2.75) is 6.92 Å². The molecule has 0 radical (unpaired) electrons. The number of amides is 1. The second kappa shape index (κ2) is 7.59. The molecule has 2 aromatic carbocycles. The molecule has 0 aliphatic heterocycles. The highest BCUT2D eigenvalue weighted by Crippen LogP contribution is 2.13. The Labute approximate surface area is 132 Å². The number of nitrogens with zero attached hydrogens (tertiary/aromatic N) is 1. The fourth-order valence-electron chi connectivity index (χ4n) is 1.65. The van der Waals surface area contributed by atoms with Gasteiger partial charge in [-0.1, -0.05) is 51.8 Å². The normalized spacial score (nSPS) is 10.6. The summed E-state index contributed by atoms with van der Waals surface area (Å²) in [5.74, 6) is -0.195. The fourth-order valence-corrected chi connectivity index (χ4v) is 2.03. The Morgan fingerprint density at radius 3 is 2.62 bits per heavy atom. The summed E-state index contributed by atoms with van der Waals surface area (Å²) in [5.41, 5.74) is 5.49. The van der Waals surface area contributed by atoms with Crippen LogP contribution in [0.25, 0.3) is 0 Å². The van der Waals surface area contributed by atoms with Crippen LogP contribution in [0.1, 0.15) is 11.1 Å². The van der Waals surface area contributed by atoms with Crippen molar-refractivity contribution in [3.8, 4) is 0 Å². The van der Waals surface area contributed by atoms with E-state index >= 15 is 0 Å². The number of benzene rings is 2. The lowest BCUT2D eigenvalue weighted by molar-refractivity contribution is -0.119. The number of hydrazone groups is 1. The molecule has 0 fully saturated rings. The predicted molar refractivity (Wildman–Crippen MR) is 89.5 cm³/mol. The first-order chi connectivity index (χ1) is 10.1. The lowest BCUT2D eigenvalue weighted by Crippen LogP contribution is -2.25. The molecule has 0 aliphatic carbocycles. The van der Waals surface area contributed by atoms with Crippen molar-refractivity contribution in [2.24, 2.45) is 5.10 Å². The van der Waals surface area contributed by atoms with Crippen molar-refractivity contribution in [3.05, 3.63) is 64.1 Å². The Morgan fingerprint density at radius 2 is 1.90 bits per heavy atom. The van der Waals surface area contributed by atoms with Gasteiger partial charge in [0.1, 0.15) is 0 Å². The highest BCUT2D eigenvalue weighted by molar-refractivity contribution is 9.10. The molecule has 2 N–H and O–H groups in total. The average Bonchev–Trinajstić information content (AvgIpc) is 2.49. The van der Waals surface area contributed by atoms with E-state index in [0.717, 1.165) is 15.7 Å². The molecule has 0 bridgehead atoms. The molecule has 4 nitrogen and oxygen atoms in total. The molecule has 0 aliphatic rings. The van der Waals surface area contributed by atoms with Crippen molar-refractivity contribution in [2.75, 3.05) is 11.9 Å². The van der Waals surface area contributed by atoms with Crippen LogP contribution in [-0.2, 0) is 4.79 Å². The van der Waals surface area contributed by atoms with Crippen LogP contribution in [0.3, 0.4) is 0 Å². The van der Waals surface area contributed by atoms with Crippen LogP contribution >= 0.6 is 15.9 Å². The number of carbonyl (C=O) groups is 1. The van der Waals surface area contributed by atoms with Crippen LogP contribution in [-0.4, -0.2) is 18.7 Å². The molecule has 5 heteroatoms. The van der Waals surface area contributed by atoms with Crippen molar-refractivity contribution in [3.63, 3.8) is 0 Å². The summed E-state index contributed by atoms with van der Waals surface area (Å²) in [6.45, 7) is 2.20. The third kappa shape index (κ3) is 5.04. The predicted octanol–water partition coefficient (Wildman–Crippen LogP) is 3.32. The van der Waals surface area contributed by atoms with Gasteiger partial charge in [0.15, 0.2) is 0 Å². The second-order valence-electron chi connectivity index (χ2n) is 4.53. The molecule has 0 unspecified atom stereocenters. The van der Waals surface area contributed by atoms with Crippen LogP contribution < -0.4 is 10.7 Å². The Hall–Kier alpha value is -2.14. The molecular weight excluding hydrogens is 330 g/mol. The molecule has 1 amide bonds. The van der Waals surface area contributed by atoms with Gasteiger partial charge in [-0.3, -0.25) is 4.79 Å². The lowest BCUT2D eigenvalue weighted by atomic mass is 10.2. The quantitative estimate of drug-likeness (QED) is 0.645. The second-order valence-corrected chi connectivity index (χ2v) is 5.39. The van der Waals surface area contributed by atoms with Gasteiger partial charge in [0.2, 0.25) is 0 Å². The first kappa shape index (κ1) is 15.3. The fraction of sp³-hybridized carbons (Fsp3) is 0.125. The molecule has 0 heterocycles. The molecule has 0 spiro atoms. The summed E-state index contributed by atoms with van der Waals surface area (Å²) in [5, 5.41) is 6.97. The van der Waals surface area contributed by atoms with Crippen LogP contribution in [0.4, 0.5) is 5.69 Å². The zero-order chi connectivity index (χ0) is 15.1. The monoisotopic (exact) mass is 345 g/mol. The standard InChI is InChI=1S/C16H16BrN3O/c1-12-6-8-14(9-7-12)18-11-16(21)20-19-10-13-4-2-3-5-15(13)17/h2-10,18H,11H2,1H3,(H,20,21)/b19-10+. The number of nitrogens with one attached hydrogen (secondary N) is 2. The van der Waals surface area contributed by atoms with E-state index in [1.807, 2.05) is 55.5 Å². The van der Waals surface area contributed by atoms with Gasteiger partial charge in [-0.2, -0.15) is 5.10 Å². The van der Waals surface area contributed by atoms with E-state index in [1.54, 1.807) is 6.21 Å². The highest BCUT2D eigenvalue weighted by Gasteiger charge is 1.99. The van der Waals surface area contributed by atoms with Crippen LogP contribution in [0, 0.1) is 6.92 Å². The Bertz CT molecular complexity index is 638. The third-order valence-electron chi connectivity index (χ3n) is 2.80. The molecule has 0 saturated carbocycles. The van der Waals surface area contributed by atoms with Crippen LogP contribution in [0.5, 0.6) is 0 Å². The van der Waals surface area contributed by atoms with Gasteiger partial charge in [0.25, 0.3) is 5.91 Å². The molecule has 0 saturated heterocycles. The number of aryl methyl sites for hydroxylation is 1. The number of carbonyl (C=O) groups excluding carboxylic acids is 1. The minimum absolute atomic E-state index is 0.177. The van der Waals surface area contributed by atoms with Crippen molar-refractivity contribution in [1.29, 1.82) is 0 Å². The van der Waals surface area contributed by atoms with Gasteiger partial charge in [-0.15, -0.1) is 0 Å². The summed E-state index contributed by atoms with van der Waals surface area (Å²) in [7, 11) is 0. The van der Waals surface area contributed by atoms with Crippen LogP contribution in [0.2, 0.25) is 0 Å². The van der Waals surface area contributed by atoms with Gasteiger partial charge in [-0.25, -0.2) is 5.43 Å². The Balaban J connectivity index is 1.80. The van der Waals surface area contributed by atoms with E-state index < -0.39 is 0 Å².